The van der Waals surface area contributed by atoms with Gasteiger partial charge in [0.25, 0.3) is 0 Å². The van der Waals surface area contributed by atoms with Crippen LogP contribution >= 0.6 is 11.3 Å². The highest BCUT2D eigenvalue weighted by atomic mass is 32.1. The number of rotatable bonds is 1. The summed E-state index contributed by atoms with van der Waals surface area (Å²) in [4.78, 5) is 11.8. The van der Waals surface area contributed by atoms with Gasteiger partial charge in [-0.25, -0.2) is 0 Å². The van der Waals surface area contributed by atoms with E-state index in [1.54, 1.807) is 6.07 Å². The van der Waals surface area contributed by atoms with Gasteiger partial charge in [0, 0.05) is 10.4 Å². The SMILES string of the molecule is Cc1sc(C#N)cc1C=O. The Morgan fingerprint density at radius 3 is 2.80 bits per heavy atom. The average Bonchev–Trinajstić information content (AvgIpc) is 2.30. The van der Waals surface area contributed by atoms with Gasteiger partial charge in [-0.2, -0.15) is 5.26 Å². The second-order valence-corrected chi connectivity index (χ2v) is 3.11. The van der Waals surface area contributed by atoms with Gasteiger partial charge >= 0.3 is 0 Å². The van der Waals surface area contributed by atoms with Crippen LogP contribution in [0, 0.1) is 18.3 Å². The number of nitriles is 1. The largest absolute Gasteiger partial charge is 0.298 e. The summed E-state index contributed by atoms with van der Waals surface area (Å²) >= 11 is 1.35. The number of nitrogens with zero attached hydrogens (tertiary/aromatic N) is 1. The third-order valence-corrected chi connectivity index (χ3v) is 2.16. The zero-order valence-corrected chi connectivity index (χ0v) is 6.23. The average molecular weight is 151 g/mol. The lowest BCUT2D eigenvalue weighted by molar-refractivity contribution is 0.112. The van der Waals surface area contributed by atoms with Crippen molar-refractivity contribution in [3.63, 3.8) is 0 Å². The van der Waals surface area contributed by atoms with Crippen molar-refractivity contribution in [1.29, 1.82) is 5.26 Å². The second kappa shape index (κ2) is 2.63. The zero-order chi connectivity index (χ0) is 7.56. The molecule has 50 valence electrons. The molecule has 0 saturated carbocycles. The molecular formula is C7H5NOS. The van der Waals surface area contributed by atoms with E-state index in [-0.39, 0.29) is 0 Å². The van der Waals surface area contributed by atoms with E-state index in [4.69, 9.17) is 5.26 Å². The predicted molar refractivity (Wildman–Crippen MR) is 39.2 cm³/mol. The fourth-order valence-electron chi connectivity index (χ4n) is 0.668. The van der Waals surface area contributed by atoms with E-state index in [2.05, 4.69) is 0 Å². The summed E-state index contributed by atoms with van der Waals surface area (Å²) in [7, 11) is 0. The minimum atomic E-state index is 0.597. The van der Waals surface area contributed by atoms with Crippen LogP contribution in [0.1, 0.15) is 20.1 Å². The molecule has 0 aliphatic heterocycles. The molecule has 0 aromatic carbocycles. The normalized spacial score (nSPS) is 8.80. The van der Waals surface area contributed by atoms with Gasteiger partial charge in [-0.05, 0) is 13.0 Å². The molecule has 10 heavy (non-hydrogen) atoms. The first kappa shape index (κ1) is 6.97. The highest BCUT2D eigenvalue weighted by molar-refractivity contribution is 7.12. The molecule has 0 N–H and O–H groups in total. The molecule has 1 rings (SSSR count). The number of aldehydes is 1. The smallest absolute Gasteiger partial charge is 0.151 e. The van der Waals surface area contributed by atoms with Gasteiger partial charge in [0.15, 0.2) is 6.29 Å². The van der Waals surface area contributed by atoms with Gasteiger partial charge in [0.1, 0.15) is 10.9 Å². The van der Waals surface area contributed by atoms with Crippen molar-refractivity contribution < 1.29 is 4.79 Å². The molecular weight excluding hydrogens is 146 g/mol. The molecule has 2 nitrogen and oxygen atoms in total. The fourth-order valence-corrected chi connectivity index (χ4v) is 1.45. The van der Waals surface area contributed by atoms with Crippen molar-refractivity contribution >= 4 is 17.6 Å². The highest BCUT2D eigenvalue weighted by Crippen LogP contribution is 2.18. The van der Waals surface area contributed by atoms with E-state index in [0.717, 1.165) is 11.2 Å². The Labute approximate surface area is 62.7 Å². The lowest BCUT2D eigenvalue weighted by atomic mass is 10.3. The van der Waals surface area contributed by atoms with Crippen LogP contribution in [0.3, 0.4) is 0 Å². The predicted octanol–water partition coefficient (Wildman–Crippen LogP) is 1.74. The maximum Gasteiger partial charge on any atom is 0.151 e. The highest BCUT2D eigenvalue weighted by Gasteiger charge is 2.01. The van der Waals surface area contributed by atoms with Gasteiger partial charge in [0.2, 0.25) is 0 Å². The molecule has 1 aromatic heterocycles. The summed E-state index contributed by atoms with van der Waals surface area (Å²) in [5.41, 5.74) is 0.626. The maximum atomic E-state index is 10.3. The molecule has 3 heteroatoms. The van der Waals surface area contributed by atoms with E-state index < -0.39 is 0 Å². The van der Waals surface area contributed by atoms with Gasteiger partial charge in [-0.15, -0.1) is 11.3 Å². The number of hydrogen-bond donors (Lipinski definition) is 0. The molecule has 0 aliphatic carbocycles. The van der Waals surface area contributed by atoms with Gasteiger partial charge in [-0.1, -0.05) is 0 Å². The molecule has 1 aromatic rings. The first-order valence-corrected chi connectivity index (χ1v) is 3.55. The van der Waals surface area contributed by atoms with Crippen LogP contribution < -0.4 is 0 Å². The summed E-state index contributed by atoms with van der Waals surface area (Å²) in [6.45, 7) is 1.83. The van der Waals surface area contributed by atoms with Crippen LogP contribution in [0.25, 0.3) is 0 Å². The van der Waals surface area contributed by atoms with E-state index >= 15 is 0 Å². The summed E-state index contributed by atoms with van der Waals surface area (Å²) in [5, 5.41) is 8.42. The van der Waals surface area contributed by atoms with Crippen LogP contribution in [0.4, 0.5) is 0 Å². The summed E-state index contributed by atoms with van der Waals surface area (Å²) in [6, 6.07) is 3.59. The van der Waals surface area contributed by atoms with Crippen LogP contribution in [-0.4, -0.2) is 6.29 Å². The van der Waals surface area contributed by atoms with E-state index in [0.29, 0.717) is 10.4 Å². The summed E-state index contributed by atoms with van der Waals surface area (Å²) in [5.74, 6) is 0. The first-order chi connectivity index (χ1) is 4.77. The zero-order valence-electron chi connectivity index (χ0n) is 5.42. The van der Waals surface area contributed by atoms with Crippen molar-refractivity contribution in [2.75, 3.05) is 0 Å². The Kier molecular flexibility index (Phi) is 1.83. The molecule has 0 amide bonds. The van der Waals surface area contributed by atoms with Gasteiger partial charge in [-0.3, -0.25) is 4.79 Å². The minimum Gasteiger partial charge on any atom is -0.298 e. The van der Waals surface area contributed by atoms with Crippen LogP contribution in [0.2, 0.25) is 0 Å². The van der Waals surface area contributed by atoms with E-state index in [9.17, 15) is 4.79 Å². The minimum absolute atomic E-state index is 0.597. The van der Waals surface area contributed by atoms with Crippen molar-refractivity contribution in [2.24, 2.45) is 0 Å². The summed E-state index contributed by atoms with van der Waals surface area (Å²) in [6.07, 6.45) is 0.771. The Hall–Kier alpha value is -1.14. The lowest BCUT2D eigenvalue weighted by Crippen LogP contribution is -1.73. The Balaban J connectivity index is 3.19. The topological polar surface area (TPSA) is 40.9 Å². The van der Waals surface area contributed by atoms with Crippen LogP contribution in [0.15, 0.2) is 6.07 Å². The molecule has 0 radical (unpaired) electrons. The Morgan fingerprint density at radius 1 is 1.80 bits per heavy atom. The van der Waals surface area contributed by atoms with Crippen LogP contribution in [0.5, 0.6) is 0 Å². The molecule has 0 atom stereocenters. The first-order valence-electron chi connectivity index (χ1n) is 2.73. The molecule has 0 saturated heterocycles. The standard InChI is InChI=1S/C7H5NOS/c1-5-6(4-9)2-7(3-8)10-5/h2,4H,1H3. The number of thiophene rings is 1. The van der Waals surface area contributed by atoms with Crippen molar-refractivity contribution in [3.05, 3.63) is 21.4 Å². The maximum absolute atomic E-state index is 10.3. The van der Waals surface area contributed by atoms with Crippen molar-refractivity contribution in [2.45, 2.75) is 6.92 Å². The Bertz CT molecular complexity index is 295. The molecule has 0 bridgehead atoms. The quantitative estimate of drug-likeness (QED) is 0.573. The third kappa shape index (κ3) is 1.07. The van der Waals surface area contributed by atoms with Gasteiger partial charge < -0.3 is 0 Å². The second-order valence-electron chi connectivity index (χ2n) is 1.85. The summed E-state index contributed by atoms with van der Waals surface area (Å²) < 4.78 is 0. The molecule has 0 fully saturated rings. The monoisotopic (exact) mass is 151 g/mol. The number of hydrogen-bond acceptors (Lipinski definition) is 3. The molecule has 0 unspecified atom stereocenters. The van der Waals surface area contributed by atoms with Gasteiger partial charge in [0.05, 0.1) is 0 Å². The fraction of sp³-hybridized carbons (Fsp3) is 0.143. The van der Waals surface area contributed by atoms with Crippen molar-refractivity contribution in [1.82, 2.24) is 0 Å². The molecule has 1 heterocycles. The number of carbonyl (C=O) groups excluding carboxylic acids is 1. The number of carbonyl (C=O) groups is 1. The lowest BCUT2D eigenvalue weighted by Gasteiger charge is -1.78. The van der Waals surface area contributed by atoms with E-state index in [1.807, 2.05) is 13.0 Å². The Morgan fingerprint density at radius 2 is 2.50 bits per heavy atom. The molecule has 0 aliphatic rings. The van der Waals surface area contributed by atoms with Crippen molar-refractivity contribution in [3.8, 4) is 6.07 Å². The number of aryl methyl sites for hydroxylation is 1. The molecule has 0 spiro atoms. The van der Waals surface area contributed by atoms with Crippen LogP contribution in [-0.2, 0) is 0 Å². The third-order valence-electron chi connectivity index (χ3n) is 1.19. The van der Waals surface area contributed by atoms with E-state index in [1.165, 1.54) is 11.3 Å².